The summed E-state index contributed by atoms with van der Waals surface area (Å²) in [6.07, 6.45) is 0.672. The molecule has 24 heavy (non-hydrogen) atoms. The molecule has 8 nitrogen and oxygen atoms in total. The van der Waals surface area contributed by atoms with E-state index in [4.69, 9.17) is 13.7 Å². The highest BCUT2D eigenvalue weighted by molar-refractivity contribution is 5.90. The number of aromatic nitrogens is 3. The van der Waals surface area contributed by atoms with E-state index in [2.05, 4.69) is 20.7 Å². The second kappa shape index (κ2) is 6.95. The van der Waals surface area contributed by atoms with Crippen LogP contribution in [0.1, 0.15) is 18.6 Å². The summed E-state index contributed by atoms with van der Waals surface area (Å²) in [4.78, 5) is 11.8. The minimum atomic E-state index is -0.334. The minimum absolute atomic E-state index is 0.153. The van der Waals surface area contributed by atoms with Crippen LogP contribution < -0.4 is 10.1 Å². The molecule has 2 aromatic heterocycles. The third-order valence-corrected chi connectivity index (χ3v) is 3.12. The van der Waals surface area contributed by atoms with Crippen molar-refractivity contribution in [2.75, 3.05) is 11.9 Å². The average molecular weight is 328 g/mol. The van der Waals surface area contributed by atoms with E-state index >= 15 is 0 Å². The zero-order chi connectivity index (χ0) is 16.9. The largest absolute Gasteiger partial charge is 0.484 e. The van der Waals surface area contributed by atoms with Crippen LogP contribution in [0.4, 0.5) is 5.82 Å². The molecule has 0 saturated carbocycles. The molecule has 2 heterocycles. The van der Waals surface area contributed by atoms with Crippen molar-refractivity contribution in [2.45, 2.75) is 20.3 Å². The maximum Gasteiger partial charge on any atom is 0.263 e. The number of hydrogen-bond acceptors (Lipinski definition) is 7. The third-order valence-electron chi connectivity index (χ3n) is 3.12. The van der Waals surface area contributed by atoms with Gasteiger partial charge in [0.1, 0.15) is 11.5 Å². The normalized spacial score (nSPS) is 10.6. The Morgan fingerprint density at radius 3 is 2.88 bits per heavy atom. The molecule has 0 aliphatic carbocycles. The minimum Gasteiger partial charge on any atom is -0.484 e. The molecule has 1 N–H and O–H groups in total. The first-order valence-electron chi connectivity index (χ1n) is 7.43. The molecule has 3 rings (SSSR count). The van der Waals surface area contributed by atoms with Gasteiger partial charge in [0.05, 0.1) is 0 Å². The van der Waals surface area contributed by atoms with E-state index in [1.807, 2.05) is 13.0 Å². The van der Waals surface area contributed by atoms with Crippen LogP contribution in [-0.2, 0) is 11.2 Å². The highest BCUT2D eigenvalue weighted by Gasteiger charge is 2.10. The van der Waals surface area contributed by atoms with Crippen molar-refractivity contribution >= 4 is 11.7 Å². The van der Waals surface area contributed by atoms with Crippen molar-refractivity contribution in [1.82, 2.24) is 15.4 Å². The fraction of sp³-hybridized carbons (Fsp3) is 0.250. The molecular formula is C16H16N4O4. The summed E-state index contributed by atoms with van der Waals surface area (Å²) < 4.78 is 15.9. The van der Waals surface area contributed by atoms with Crippen LogP contribution in [0.3, 0.4) is 0 Å². The molecule has 0 fully saturated rings. The molecule has 124 valence electrons. The van der Waals surface area contributed by atoms with Crippen LogP contribution in [0, 0.1) is 6.92 Å². The van der Waals surface area contributed by atoms with Crippen molar-refractivity contribution in [2.24, 2.45) is 0 Å². The Balaban J connectivity index is 1.61. The lowest BCUT2D eigenvalue weighted by Crippen LogP contribution is -2.20. The molecule has 0 aliphatic rings. The first kappa shape index (κ1) is 15.7. The SMILES string of the molecule is CCc1nnc(-c2cccc(OCC(=O)Nc3cc(C)on3)c2)o1. The maximum absolute atomic E-state index is 11.8. The summed E-state index contributed by atoms with van der Waals surface area (Å²) in [5.74, 6) is 2.14. The van der Waals surface area contributed by atoms with Gasteiger partial charge in [-0.15, -0.1) is 10.2 Å². The molecule has 0 aliphatic heterocycles. The van der Waals surface area contributed by atoms with E-state index in [9.17, 15) is 4.79 Å². The Morgan fingerprint density at radius 2 is 2.17 bits per heavy atom. The molecule has 0 atom stereocenters. The predicted octanol–water partition coefficient (Wildman–Crippen LogP) is 2.61. The summed E-state index contributed by atoms with van der Waals surface area (Å²) >= 11 is 0. The molecule has 0 radical (unpaired) electrons. The van der Waals surface area contributed by atoms with Crippen LogP contribution >= 0.6 is 0 Å². The molecule has 8 heteroatoms. The van der Waals surface area contributed by atoms with Gasteiger partial charge in [-0.25, -0.2) is 0 Å². The Bertz CT molecular complexity index is 840. The van der Waals surface area contributed by atoms with Crippen LogP contribution in [-0.4, -0.2) is 27.9 Å². The number of amides is 1. The Labute approximate surface area is 137 Å². The van der Waals surface area contributed by atoms with Gasteiger partial charge in [0.25, 0.3) is 5.91 Å². The lowest BCUT2D eigenvalue weighted by Gasteiger charge is -2.06. The third kappa shape index (κ3) is 3.78. The number of nitrogens with zero attached hydrogens (tertiary/aromatic N) is 3. The zero-order valence-electron chi connectivity index (χ0n) is 13.3. The van der Waals surface area contributed by atoms with Gasteiger partial charge in [-0.1, -0.05) is 18.1 Å². The summed E-state index contributed by atoms with van der Waals surface area (Å²) in [6, 6.07) is 8.73. The fourth-order valence-corrected chi connectivity index (χ4v) is 1.99. The van der Waals surface area contributed by atoms with Crippen molar-refractivity contribution in [3.05, 3.63) is 42.0 Å². The molecule has 3 aromatic rings. The first-order chi connectivity index (χ1) is 11.6. The Morgan fingerprint density at radius 1 is 1.29 bits per heavy atom. The van der Waals surface area contributed by atoms with Gasteiger partial charge >= 0.3 is 0 Å². The molecule has 0 saturated heterocycles. The second-order valence-corrected chi connectivity index (χ2v) is 5.04. The van der Waals surface area contributed by atoms with Gasteiger partial charge in [0.15, 0.2) is 12.4 Å². The fourth-order valence-electron chi connectivity index (χ4n) is 1.99. The molecule has 0 bridgehead atoms. The van der Waals surface area contributed by atoms with E-state index < -0.39 is 0 Å². The summed E-state index contributed by atoms with van der Waals surface area (Å²) in [7, 11) is 0. The lowest BCUT2D eigenvalue weighted by atomic mass is 10.2. The summed E-state index contributed by atoms with van der Waals surface area (Å²) in [5.41, 5.74) is 0.729. The lowest BCUT2D eigenvalue weighted by molar-refractivity contribution is -0.118. The monoisotopic (exact) mass is 328 g/mol. The van der Waals surface area contributed by atoms with Crippen LogP contribution in [0.5, 0.6) is 5.75 Å². The number of hydrogen-bond donors (Lipinski definition) is 1. The van der Waals surface area contributed by atoms with Crippen molar-refractivity contribution in [1.29, 1.82) is 0 Å². The van der Waals surface area contributed by atoms with Gasteiger partial charge in [0.2, 0.25) is 11.8 Å². The number of anilines is 1. The standard InChI is InChI=1S/C16H16N4O4/c1-3-15-18-19-16(23-15)11-5-4-6-12(8-11)22-9-14(21)17-13-7-10(2)24-20-13/h4-8H,3,9H2,1-2H3,(H,17,20,21). The molecule has 1 aromatic carbocycles. The van der Waals surface area contributed by atoms with Crippen molar-refractivity contribution < 1.29 is 18.5 Å². The van der Waals surface area contributed by atoms with Crippen molar-refractivity contribution in [3.8, 4) is 17.2 Å². The Hall–Kier alpha value is -3.16. The van der Waals surface area contributed by atoms with Gasteiger partial charge in [-0.2, -0.15) is 0 Å². The summed E-state index contributed by atoms with van der Waals surface area (Å²) in [6.45, 7) is 3.53. The first-order valence-corrected chi connectivity index (χ1v) is 7.43. The van der Waals surface area contributed by atoms with E-state index in [1.54, 1.807) is 31.2 Å². The van der Waals surface area contributed by atoms with Gasteiger partial charge < -0.3 is 19.0 Å². The Kier molecular flexibility index (Phi) is 4.55. The predicted molar refractivity (Wildman–Crippen MR) is 84.5 cm³/mol. The number of carbonyl (C=O) groups is 1. The van der Waals surface area contributed by atoms with Crippen LogP contribution in [0.25, 0.3) is 11.5 Å². The number of nitrogens with one attached hydrogen (secondary N) is 1. The maximum atomic E-state index is 11.8. The van der Waals surface area contributed by atoms with Gasteiger partial charge in [-0.3, -0.25) is 4.79 Å². The summed E-state index contributed by atoms with van der Waals surface area (Å²) in [5, 5.41) is 14.2. The van der Waals surface area contributed by atoms with E-state index in [0.717, 1.165) is 5.56 Å². The van der Waals surface area contributed by atoms with E-state index in [-0.39, 0.29) is 12.5 Å². The average Bonchev–Trinajstić information content (AvgIpc) is 3.22. The highest BCUT2D eigenvalue weighted by Crippen LogP contribution is 2.23. The van der Waals surface area contributed by atoms with Crippen LogP contribution in [0.15, 0.2) is 39.3 Å². The zero-order valence-corrected chi connectivity index (χ0v) is 13.3. The number of benzene rings is 1. The molecule has 0 unspecified atom stereocenters. The number of ether oxygens (including phenoxy) is 1. The second-order valence-electron chi connectivity index (χ2n) is 5.04. The number of carbonyl (C=O) groups excluding carboxylic acids is 1. The topological polar surface area (TPSA) is 103 Å². The molecule has 1 amide bonds. The molecular weight excluding hydrogens is 312 g/mol. The van der Waals surface area contributed by atoms with Gasteiger partial charge in [-0.05, 0) is 25.1 Å². The quantitative estimate of drug-likeness (QED) is 0.741. The highest BCUT2D eigenvalue weighted by atomic mass is 16.5. The number of aryl methyl sites for hydroxylation is 2. The van der Waals surface area contributed by atoms with E-state index in [0.29, 0.717) is 35.5 Å². The number of rotatable bonds is 6. The van der Waals surface area contributed by atoms with Gasteiger partial charge in [0, 0.05) is 18.1 Å². The smallest absolute Gasteiger partial charge is 0.263 e. The van der Waals surface area contributed by atoms with Crippen molar-refractivity contribution in [3.63, 3.8) is 0 Å². The molecule has 0 spiro atoms. The van der Waals surface area contributed by atoms with Crippen LogP contribution in [0.2, 0.25) is 0 Å². The van der Waals surface area contributed by atoms with E-state index in [1.165, 1.54) is 0 Å².